The first kappa shape index (κ1) is 15.8. The highest BCUT2D eigenvalue weighted by Crippen LogP contribution is 2.38. The molecular formula is C16H17BrINO. The molecule has 1 atom stereocenters. The highest BCUT2D eigenvalue weighted by atomic mass is 127. The second kappa shape index (κ2) is 6.45. The molecule has 0 saturated heterocycles. The van der Waals surface area contributed by atoms with Crippen molar-refractivity contribution in [1.29, 1.82) is 0 Å². The van der Waals surface area contributed by atoms with Crippen LogP contribution in [-0.4, -0.2) is 7.11 Å². The molecule has 0 bridgehead atoms. The van der Waals surface area contributed by atoms with Crippen LogP contribution in [0.2, 0.25) is 0 Å². The summed E-state index contributed by atoms with van der Waals surface area (Å²) in [6.07, 6.45) is 0. The molecule has 0 saturated carbocycles. The first-order valence-corrected chi connectivity index (χ1v) is 8.18. The van der Waals surface area contributed by atoms with Crippen LogP contribution >= 0.6 is 38.5 Å². The topological polar surface area (TPSA) is 35.2 Å². The predicted molar refractivity (Wildman–Crippen MR) is 95.4 cm³/mol. The third-order valence-corrected chi connectivity index (χ3v) is 5.27. The summed E-state index contributed by atoms with van der Waals surface area (Å²) >= 11 is 5.93. The predicted octanol–water partition coefficient (Wildman–Crippen LogP) is 4.73. The lowest BCUT2D eigenvalue weighted by Gasteiger charge is -2.22. The zero-order valence-electron chi connectivity index (χ0n) is 11.7. The maximum Gasteiger partial charge on any atom is 0.127 e. The summed E-state index contributed by atoms with van der Waals surface area (Å²) in [7, 11) is 1.70. The number of halogens is 2. The maximum absolute atomic E-state index is 6.53. The number of aryl methyl sites for hydroxylation is 1. The fraction of sp³-hybridized carbons (Fsp3) is 0.250. The molecule has 106 valence electrons. The van der Waals surface area contributed by atoms with Gasteiger partial charge in [-0.05, 0) is 65.3 Å². The maximum atomic E-state index is 6.53. The van der Waals surface area contributed by atoms with Crippen LogP contribution < -0.4 is 10.5 Å². The zero-order chi connectivity index (χ0) is 14.9. The minimum atomic E-state index is -0.200. The molecule has 20 heavy (non-hydrogen) atoms. The Morgan fingerprint density at radius 2 is 1.90 bits per heavy atom. The van der Waals surface area contributed by atoms with Gasteiger partial charge in [0.2, 0.25) is 0 Å². The van der Waals surface area contributed by atoms with Gasteiger partial charge < -0.3 is 10.5 Å². The molecule has 4 heteroatoms. The average molecular weight is 446 g/mol. The van der Waals surface area contributed by atoms with E-state index in [0.29, 0.717) is 0 Å². The van der Waals surface area contributed by atoms with E-state index in [1.165, 1.54) is 0 Å². The monoisotopic (exact) mass is 445 g/mol. The normalized spacial score (nSPS) is 12.3. The van der Waals surface area contributed by atoms with Gasteiger partial charge in [-0.3, -0.25) is 0 Å². The van der Waals surface area contributed by atoms with E-state index in [1.54, 1.807) is 7.11 Å². The van der Waals surface area contributed by atoms with Crippen molar-refractivity contribution in [3.8, 4) is 5.75 Å². The quantitative estimate of drug-likeness (QED) is 0.693. The molecule has 2 nitrogen and oxygen atoms in total. The summed E-state index contributed by atoms with van der Waals surface area (Å²) < 4.78 is 7.82. The van der Waals surface area contributed by atoms with Crippen molar-refractivity contribution in [1.82, 2.24) is 0 Å². The van der Waals surface area contributed by atoms with Crippen LogP contribution in [0, 0.1) is 17.4 Å². The Labute approximate surface area is 142 Å². The van der Waals surface area contributed by atoms with Crippen molar-refractivity contribution >= 4 is 38.5 Å². The molecule has 0 aromatic heterocycles. The summed E-state index contributed by atoms with van der Waals surface area (Å²) in [5.41, 5.74) is 10.9. The second-order valence-electron chi connectivity index (χ2n) is 4.75. The molecule has 0 heterocycles. The van der Waals surface area contributed by atoms with Crippen molar-refractivity contribution in [2.24, 2.45) is 5.73 Å². The number of hydrogen-bond donors (Lipinski definition) is 1. The lowest BCUT2D eigenvalue weighted by Crippen LogP contribution is -2.16. The molecule has 0 fully saturated rings. The molecule has 0 aliphatic rings. The van der Waals surface area contributed by atoms with E-state index >= 15 is 0 Å². The van der Waals surface area contributed by atoms with E-state index in [9.17, 15) is 0 Å². The minimum Gasteiger partial charge on any atom is -0.496 e. The number of nitrogens with two attached hydrogens (primary N) is 1. The summed E-state index contributed by atoms with van der Waals surface area (Å²) in [5.74, 6) is 0.873. The van der Waals surface area contributed by atoms with Crippen molar-refractivity contribution in [2.75, 3.05) is 7.11 Å². The highest BCUT2D eigenvalue weighted by molar-refractivity contribution is 14.1. The molecule has 1 unspecified atom stereocenters. The Morgan fingerprint density at radius 1 is 1.25 bits per heavy atom. The summed E-state index contributed by atoms with van der Waals surface area (Å²) in [6.45, 7) is 4.10. The van der Waals surface area contributed by atoms with Crippen LogP contribution in [0.5, 0.6) is 5.75 Å². The Kier molecular flexibility index (Phi) is 5.09. The van der Waals surface area contributed by atoms with Gasteiger partial charge in [0.15, 0.2) is 0 Å². The lowest BCUT2D eigenvalue weighted by atomic mass is 9.93. The van der Waals surface area contributed by atoms with Gasteiger partial charge in [0, 0.05) is 13.6 Å². The second-order valence-corrected chi connectivity index (χ2v) is 6.76. The van der Waals surface area contributed by atoms with Crippen molar-refractivity contribution in [3.63, 3.8) is 0 Å². The van der Waals surface area contributed by atoms with E-state index in [0.717, 1.165) is 36.0 Å². The van der Waals surface area contributed by atoms with Crippen LogP contribution in [-0.2, 0) is 0 Å². The lowest BCUT2D eigenvalue weighted by molar-refractivity contribution is 0.404. The van der Waals surface area contributed by atoms with Gasteiger partial charge in [0.25, 0.3) is 0 Å². The number of benzene rings is 2. The minimum absolute atomic E-state index is 0.200. The smallest absolute Gasteiger partial charge is 0.127 e. The molecule has 0 amide bonds. The van der Waals surface area contributed by atoms with Gasteiger partial charge in [-0.25, -0.2) is 0 Å². The van der Waals surface area contributed by atoms with Crippen LogP contribution in [0.15, 0.2) is 34.8 Å². The van der Waals surface area contributed by atoms with E-state index < -0.39 is 0 Å². The van der Waals surface area contributed by atoms with Crippen LogP contribution in [0.25, 0.3) is 0 Å². The Morgan fingerprint density at radius 3 is 2.50 bits per heavy atom. The highest BCUT2D eigenvalue weighted by Gasteiger charge is 2.21. The van der Waals surface area contributed by atoms with Crippen molar-refractivity contribution in [3.05, 3.63) is 60.6 Å². The SMILES string of the molecule is COc1c(C)cc(Br)c(C)c1C(N)c1ccccc1I. The molecule has 0 aliphatic heterocycles. The molecule has 0 radical (unpaired) electrons. The number of methoxy groups -OCH3 is 1. The van der Waals surface area contributed by atoms with E-state index in [4.69, 9.17) is 10.5 Å². The first-order chi connectivity index (χ1) is 9.47. The van der Waals surface area contributed by atoms with Gasteiger partial charge in [0.1, 0.15) is 5.75 Å². The largest absolute Gasteiger partial charge is 0.496 e. The van der Waals surface area contributed by atoms with Crippen LogP contribution in [0.3, 0.4) is 0 Å². The number of rotatable bonds is 3. The first-order valence-electron chi connectivity index (χ1n) is 6.31. The van der Waals surface area contributed by atoms with Crippen LogP contribution in [0.4, 0.5) is 0 Å². The third kappa shape index (κ3) is 2.87. The van der Waals surface area contributed by atoms with Crippen molar-refractivity contribution < 1.29 is 4.74 Å². The van der Waals surface area contributed by atoms with Gasteiger partial charge in [-0.2, -0.15) is 0 Å². The third-order valence-electron chi connectivity index (χ3n) is 3.46. The van der Waals surface area contributed by atoms with Gasteiger partial charge in [0.05, 0.1) is 13.2 Å². The van der Waals surface area contributed by atoms with Crippen molar-refractivity contribution in [2.45, 2.75) is 19.9 Å². The van der Waals surface area contributed by atoms with Gasteiger partial charge >= 0.3 is 0 Å². The van der Waals surface area contributed by atoms with E-state index in [1.807, 2.05) is 19.1 Å². The average Bonchev–Trinajstić information content (AvgIpc) is 2.42. The fourth-order valence-corrected chi connectivity index (χ4v) is 3.68. The number of hydrogen-bond acceptors (Lipinski definition) is 2. The Bertz CT molecular complexity index is 643. The van der Waals surface area contributed by atoms with E-state index in [-0.39, 0.29) is 6.04 Å². The molecular weight excluding hydrogens is 429 g/mol. The zero-order valence-corrected chi connectivity index (χ0v) is 15.4. The molecule has 2 aromatic carbocycles. The van der Waals surface area contributed by atoms with E-state index in [2.05, 4.69) is 63.6 Å². The molecule has 0 aliphatic carbocycles. The Balaban J connectivity index is 2.66. The van der Waals surface area contributed by atoms with Gasteiger partial charge in [-0.15, -0.1) is 0 Å². The van der Waals surface area contributed by atoms with Crippen LogP contribution in [0.1, 0.15) is 28.3 Å². The van der Waals surface area contributed by atoms with Gasteiger partial charge in [-0.1, -0.05) is 34.1 Å². The fourth-order valence-electron chi connectivity index (χ4n) is 2.40. The number of ether oxygens (including phenoxy) is 1. The summed E-state index contributed by atoms with van der Waals surface area (Å²) in [4.78, 5) is 0. The molecule has 2 aromatic rings. The molecule has 2 rings (SSSR count). The molecule has 0 spiro atoms. The summed E-state index contributed by atoms with van der Waals surface area (Å²) in [6, 6.07) is 10.1. The standard InChI is InChI=1S/C16H17BrINO/c1-9-8-12(17)10(2)14(16(9)20-3)15(19)11-6-4-5-7-13(11)18/h4-8,15H,19H2,1-3H3. The summed E-state index contributed by atoms with van der Waals surface area (Å²) in [5, 5.41) is 0. The Hall–Kier alpha value is -0.590. The molecule has 2 N–H and O–H groups in total.